The molecule has 0 saturated heterocycles. The van der Waals surface area contributed by atoms with Gasteiger partial charge in [-0.1, -0.05) is 223 Å². The van der Waals surface area contributed by atoms with E-state index in [0.717, 1.165) is 96.3 Å². The summed E-state index contributed by atoms with van der Waals surface area (Å²) >= 11 is 0. The molecule has 0 aromatic rings. The molecule has 0 bridgehead atoms. The zero-order valence-corrected chi connectivity index (χ0v) is 41.7. The predicted molar refractivity (Wildman–Crippen MR) is 273 cm³/mol. The maximum absolute atomic E-state index is 13.2. The minimum Gasteiger partial charge on any atom is -0.462 e. The number of unbranched alkanes of at least 4 members (excludes halogenated alkanes) is 26. The van der Waals surface area contributed by atoms with E-state index in [4.69, 9.17) is 4.74 Å². The first-order chi connectivity index (χ1) is 31.0. The molecule has 0 aliphatic rings. The highest BCUT2D eigenvalue weighted by atomic mass is 16.5. The summed E-state index contributed by atoms with van der Waals surface area (Å²) in [4.78, 5) is 26.2. The highest BCUT2D eigenvalue weighted by molar-refractivity contribution is 5.77. The topological polar surface area (TPSA) is 95.9 Å². The number of allylic oxidation sites excluding steroid dienone is 10. The summed E-state index contributed by atoms with van der Waals surface area (Å²) in [5.74, 6) is -0.497. The van der Waals surface area contributed by atoms with Crippen molar-refractivity contribution in [2.75, 3.05) is 6.61 Å². The van der Waals surface area contributed by atoms with E-state index in [1.54, 1.807) is 0 Å². The molecular weight excluding hydrogens is 779 g/mol. The van der Waals surface area contributed by atoms with Crippen molar-refractivity contribution in [3.63, 3.8) is 0 Å². The number of nitrogens with one attached hydrogen (secondary N) is 1. The van der Waals surface area contributed by atoms with E-state index in [1.165, 1.54) is 122 Å². The van der Waals surface area contributed by atoms with Gasteiger partial charge >= 0.3 is 5.97 Å². The smallest absolute Gasteiger partial charge is 0.306 e. The number of aliphatic hydroxyl groups is 2. The number of hydrogen-bond donors (Lipinski definition) is 3. The highest BCUT2D eigenvalue weighted by Gasteiger charge is 2.24. The highest BCUT2D eigenvalue weighted by Crippen LogP contribution is 2.18. The summed E-state index contributed by atoms with van der Waals surface area (Å²) in [6.45, 7) is 6.34. The standard InChI is InChI=1S/C57H103NO5/c1-4-7-10-13-16-19-22-24-26-27-28-29-30-32-35-38-41-44-47-50-57(62)63-53(48-45-42-39-36-34-31-25-23-20-17-14-11-8-5-2)51-56(61)58-54(52-59)55(60)49-46-43-40-37-33-21-18-15-12-9-6-3/h8,11,16-17,19-20,24-26,31,53-55,59-60H,4-7,9-10,12-15,18,21-23,27-30,32-52H2,1-3H3,(H,58,61)/b11-8+,19-16-,20-17+,26-24-,31-25+. The minimum absolute atomic E-state index is 0.0602. The van der Waals surface area contributed by atoms with Gasteiger partial charge in [-0.25, -0.2) is 0 Å². The van der Waals surface area contributed by atoms with Gasteiger partial charge in [-0.05, 0) is 89.9 Å². The SMILES string of the molecule is CC/C=C/C/C=C/C/C=C/CCCCCCC(CC(=O)NC(CO)C(O)CCCCCCCCCCCCC)OC(=O)CCCCCCCCCCC/C=C\C/C=C\CCCCC. The van der Waals surface area contributed by atoms with Crippen molar-refractivity contribution in [2.24, 2.45) is 0 Å². The van der Waals surface area contributed by atoms with E-state index in [2.05, 4.69) is 86.8 Å². The van der Waals surface area contributed by atoms with Crippen molar-refractivity contribution in [2.45, 2.75) is 283 Å². The first-order valence-electron chi connectivity index (χ1n) is 27.0. The van der Waals surface area contributed by atoms with Crippen molar-refractivity contribution < 1.29 is 24.5 Å². The summed E-state index contributed by atoms with van der Waals surface area (Å²) < 4.78 is 5.94. The van der Waals surface area contributed by atoms with E-state index in [1.807, 2.05) is 0 Å². The number of carbonyl (C=O) groups excluding carboxylic acids is 2. The molecule has 3 atom stereocenters. The van der Waals surface area contributed by atoms with E-state index in [-0.39, 0.29) is 24.9 Å². The van der Waals surface area contributed by atoms with Crippen molar-refractivity contribution >= 4 is 11.9 Å². The molecule has 3 N–H and O–H groups in total. The molecule has 0 spiro atoms. The van der Waals surface area contributed by atoms with Crippen LogP contribution in [0.3, 0.4) is 0 Å². The van der Waals surface area contributed by atoms with Gasteiger partial charge in [-0.2, -0.15) is 0 Å². The van der Waals surface area contributed by atoms with Crippen LogP contribution in [0.25, 0.3) is 0 Å². The van der Waals surface area contributed by atoms with Gasteiger partial charge in [0.15, 0.2) is 0 Å². The van der Waals surface area contributed by atoms with Crippen molar-refractivity contribution in [3.8, 4) is 0 Å². The van der Waals surface area contributed by atoms with Gasteiger partial charge in [0.1, 0.15) is 6.10 Å². The van der Waals surface area contributed by atoms with Gasteiger partial charge in [0.25, 0.3) is 0 Å². The molecule has 1 amide bonds. The fourth-order valence-corrected chi connectivity index (χ4v) is 8.00. The first kappa shape index (κ1) is 60.6. The quantitative estimate of drug-likeness (QED) is 0.0321. The molecule has 0 saturated carbocycles. The largest absolute Gasteiger partial charge is 0.462 e. The molecule has 0 radical (unpaired) electrons. The Bertz CT molecular complexity index is 1130. The number of esters is 1. The molecule has 0 aromatic carbocycles. The van der Waals surface area contributed by atoms with E-state index in [9.17, 15) is 19.8 Å². The first-order valence-corrected chi connectivity index (χ1v) is 27.0. The third-order valence-electron chi connectivity index (χ3n) is 12.1. The number of amides is 1. The second-order valence-electron chi connectivity index (χ2n) is 18.2. The number of aliphatic hydroxyl groups excluding tert-OH is 2. The monoisotopic (exact) mass is 882 g/mol. The molecule has 0 aliphatic heterocycles. The zero-order valence-electron chi connectivity index (χ0n) is 41.7. The second kappa shape index (κ2) is 50.6. The van der Waals surface area contributed by atoms with Gasteiger partial charge in [0.2, 0.25) is 5.91 Å². The molecule has 0 heterocycles. The molecule has 3 unspecified atom stereocenters. The molecule has 6 nitrogen and oxygen atoms in total. The summed E-state index contributed by atoms with van der Waals surface area (Å²) in [7, 11) is 0. The van der Waals surface area contributed by atoms with Crippen LogP contribution in [-0.4, -0.2) is 46.9 Å². The van der Waals surface area contributed by atoms with Gasteiger partial charge in [0, 0.05) is 6.42 Å². The Morgan fingerprint density at radius 1 is 0.476 bits per heavy atom. The van der Waals surface area contributed by atoms with Crippen LogP contribution in [-0.2, 0) is 14.3 Å². The average Bonchev–Trinajstić information content (AvgIpc) is 3.28. The number of carbonyl (C=O) groups is 2. The van der Waals surface area contributed by atoms with Crippen LogP contribution in [0.2, 0.25) is 0 Å². The molecule has 63 heavy (non-hydrogen) atoms. The number of hydrogen-bond acceptors (Lipinski definition) is 5. The lowest BCUT2D eigenvalue weighted by Crippen LogP contribution is -2.46. The van der Waals surface area contributed by atoms with Crippen LogP contribution in [0.5, 0.6) is 0 Å². The molecule has 366 valence electrons. The lowest BCUT2D eigenvalue weighted by atomic mass is 10.0. The number of rotatable bonds is 48. The predicted octanol–water partition coefficient (Wildman–Crippen LogP) is 16.4. The van der Waals surface area contributed by atoms with Gasteiger partial charge < -0.3 is 20.3 Å². The van der Waals surface area contributed by atoms with Crippen LogP contribution in [0.4, 0.5) is 0 Å². The van der Waals surface area contributed by atoms with E-state index >= 15 is 0 Å². The molecular formula is C57H103NO5. The third-order valence-corrected chi connectivity index (χ3v) is 12.1. The summed E-state index contributed by atoms with van der Waals surface area (Å²) in [5, 5.41) is 23.8. The van der Waals surface area contributed by atoms with Gasteiger partial charge in [-0.3, -0.25) is 9.59 Å². The normalized spacial score (nSPS) is 13.7. The number of ether oxygens (including phenoxy) is 1. The van der Waals surface area contributed by atoms with Crippen LogP contribution >= 0.6 is 0 Å². The maximum atomic E-state index is 13.2. The lowest BCUT2D eigenvalue weighted by Gasteiger charge is -2.24. The van der Waals surface area contributed by atoms with Crippen LogP contribution in [0.15, 0.2) is 60.8 Å². The van der Waals surface area contributed by atoms with Crippen molar-refractivity contribution in [3.05, 3.63) is 60.8 Å². The Morgan fingerprint density at radius 2 is 0.857 bits per heavy atom. The minimum atomic E-state index is -0.795. The van der Waals surface area contributed by atoms with Gasteiger partial charge in [0.05, 0.1) is 25.2 Å². The summed E-state index contributed by atoms with van der Waals surface area (Å²) in [5.41, 5.74) is 0. The Morgan fingerprint density at radius 3 is 1.33 bits per heavy atom. The van der Waals surface area contributed by atoms with Crippen molar-refractivity contribution in [1.82, 2.24) is 5.32 Å². The fourth-order valence-electron chi connectivity index (χ4n) is 8.00. The van der Waals surface area contributed by atoms with Crippen molar-refractivity contribution in [1.29, 1.82) is 0 Å². The molecule has 0 rings (SSSR count). The third kappa shape index (κ3) is 45.9. The Hall–Kier alpha value is -2.44. The van der Waals surface area contributed by atoms with Crippen LogP contribution in [0, 0.1) is 0 Å². The second-order valence-corrected chi connectivity index (χ2v) is 18.2. The average molecular weight is 882 g/mol. The lowest BCUT2D eigenvalue weighted by molar-refractivity contribution is -0.151. The molecule has 0 fully saturated rings. The maximum Gasteiger partial charge on any atom is 0.306 e. The van der Waals surface area contributed by atoms with Crippen LogP contribution in [0.1, 0.15) is 265 Å². The Kier molecular flexibility index (Phi) is 48.6. The van der Waals surface area contributed by atoms with E-state index < -0.39 is 18.2 Å². The van der Waals surface area contributed by atoms with Gasteiger partial charge in [-0.15, -0.1) is 0 Å². The summed E-state index contributed by atoms with van der Waals surface area (Å²) in [6.07, 6.45) is 62.8. The molecule has 0 aliphatic carbocycles. The Labute approximate surface area is 390 Å². The summed E-state index contributed by atoms with van der Waals surface area (Å²) in [6, 6.07) is -0.710. The van der Waals surface area contributed by atoms with E-state index in [0.29, 0.717) is 19.3 Å². The molecule has 6 heteroatoms. The Balaban J connectivity index is 4.57. The van der Waals surface area contributed by atoms with Crippen LogP contribution < -0.4 is 5.32 Å². The fraction of sp³-hybridized carbons (Fsp3) is 0.789. The zero-order chi connectivity index (χ0) is 45.9. The molecule has 0 aromatic heterocycles.